The first kappa shape index (κ1) is 12.8. The molecule has 0 saturated carbocycles. The number of halogens is 1. The van der Waals surface area contributed by atoms with Crippen LogP contribution in [-0.4, -0.2) is 24.4 Å². The smallest absolute Gasteiger partial charge is 0.223 e. The first-order valence-corrected chi connectivity index (χ1v) is 5.70. The molecule has 0 aliphatic rings. The van der Waals surface area contributed by atoms with Crippen LogP contribution in [0.4, 0.5) is 0 Å². The van der Waals surface area contributed by atoms with Gasteiger partial charge in [0, 0.05) is 11.9 Å². The van der Waals surface area contributed by atoms with Crippen molar-refractivity contribution >= 4 is 17.5 Å². The van der Waals surface area contributed by atoms with E-state index in [2.05, 4.69) is 5.32 Å². The Bertz CT molecular complexity index is 314. The fourth-order valence-electron chi connectivity index (χ4n) is 1.12. The lowest BCUT2D eigenvalue weighted by Gasteiger charge is -2.07. The molecule has 0 aliphatic heterocycles. The summed E-state index contributed by atoms with van der Waals surface area (Å²) in [5.41, 5.74) is 0. The van der Waals surface area contributed by atoms with Gasteiger partial charge in [-0.25, -0.2) is 0 Å². The molecule has 3 nitrogen and oxygen atoms in total. The second-order valence-electron chi connectivity index (χ2n) is 3.50. The molecule has 16 heavy (non-hydrogen) atoms. The molecule has 88 valence electrons. The number of benzene rings is 1. The minimum Gasteiger partial charge on any atom is -0.493 e. The topological polar surface area (TPSA) is 38.3 Å². The lowest BCUT2D eigenvalue weighted by molar-refractivity contribution is -0.121. The molecular weight excluding hydrogens is 226 g/mol. The molecule has 1 unspecified atom stereocenters. The molecule has 1 aromatic rings. The molecule has 4 heteroatoms. The second-order valence-corrected chi connectivity index (χ2v) is 4.24. The van der Waals surface area contributed by atoms with Crippen LogP contribution >= 0.6 is 11.6 Å². The molecular formula is C12H16ClNO2. The van der Waals surface area contributed by atoms with Gasteiger partial charge in [-0.3, -0.25) is 4.79 Å². The molecule has 1 rings (SSSR count). The number of amides is 1. The third-order valence-electron chi connectivity index (χ3n) is 1.92. The monoisotopic (exact) mass is 241 g/mol. The summed E-state index contributed by atoms with van der Waals surface area (Å²) in [6, 6.07) is 9.42. The van der Waals surface area contributed by atoms with Crippen LogP contribution in [0.25, 0.3) is 0 Å². The molecule has 1 aromatic carbocycles. The van der Waals surface area contributed by atoms with Gasteiger partial charge >= 0.3 is 0 Å². The van der Waals surface area contributed by atoms with E-state index < -0.39 is 0 Å². The van der Waals surface area contributed by atoms with Crippen LogP contribution < -0.4 is 10.1 Å². The van der Waals surface area contributed by atoms with E-state index in [1.54, 1.807) is 0 Å². The van der Waals surface area contributed by atoms with E-state index in [0.29, 0.717) is 19.6 Å². The Balaban J connectivity index is 2.13. The number of para-hydroxylation sites is 1. The number of rotatable bonds is 6. The van der Waals surface area contributed by atoms with Crippen molar-refractivity contribution in [3.63, 3.8) is 0 Å². The molecule has 0 saturated heterocycles. The van der Waals surface area contributed by atoms with Crippen molar-refractivity contribution in [1.29, 1.82) is 0 Å². The zero-order valence-electron chi connectivity index (χ0n) is 9.28. The van der Waals surface area contributed by atoms with Crippen molar-refractivity contribution in [2.45, 2.75) is 18.7 Å². The third-order valence-corrected chi connectivity index (χ3v) is 2.08. The Morgan fingerprint density at radius 1 is 1.44 bits per heavy atom. The summed E-state index contributed by atoms with van der Waals surface area (Å²) < 4.78 is 5.39. The summed E-state index contributed by atoms with van der Waals surface area (Å²) in [6.45, 7) is 2.71. The van der Waals surface area contributed by atoms with Gasteiger partial charge in [-0.2, -0.15) is 0 Å². The molecule has 1 N–H and O–H groups in total. The molecule has 0 heterocycles. The van der Waals surface area contributed by atoms with E-state index in [9.17, 15) is 4.79 Å². The van der Waals surface area contributed by atoms with Crippen molar-refractivity contribution in [1.82, 2.24) is 5.32 Å². The predicted molar refractivity (Wildman–Crippen MR) is 64.9 cm³/mol. The Hall–Kier alpha value is -1.22. The van der Waals surface area contributed by atoms with Gasteiger partial charge in [-0.1, -0.05) is 18.2 Å². The summed E-state index contributed by atoms with van der Waals surface area (Å²) in [5.74, 6) is 0.740. The minimum atomic E-state index is -0.0426. The molecule has 0 aromatic heterocycles. The van der Waals surface area contributed by atoms with Crippen LogP contribution in [0.3, 0.4) is 0 Å². The minimum absolute atomic E-state index is 0.0385. The quantitative estimate of drug-likeness (QED) is 0.776. The van der Waals surface area contributed by atoms with E-state index >= 15 is 0 Å². The summed E-state index contributed by atoms with van der Waals surface area (Å²) in [7, 11) is 0. The Morgan fingerprint density at radius 2 is 2.12 bits per heavy atom. The van der Waals surface area contributed by atoms with Gasteiger partial charge in [0.2, 0.25) is 5.91 Å². The number of carbonyl (C=O) groups is 1. The number of nitrogens with one attached hydrogen (secondary N) is 1. The average molecular weight is 242 g/mol. The second kappa shape index (κ2) is 7.12. The Labute approximate surface area is 101 Å². The zero-order chi connectivity index (χ0) is 11.8. The molecule has 1 amide bonds. The molecule has 0 aliphatic carbocycles. The average Bonchev–Trinajstić information content (AvgIpc) is 2.28. The molecule has 1 atom stereocenters. The number of carbonyl (C=O) groups excluding carboxylic acids is 1. The largest absolute Gasteiger partial charge is 0.493 e. The van der Waals surface area contributed by atoms with Crippen LogP contribution in [0, 0.1) is 0 Å². The summed E-state index contributed by atoms with van der Waals surface area (Å²) in [6.07, 6.45) is 0.346. The summed E-state index contributed by atoms with van der Waals surface area (Å²) in [5, 5.41) is 2.67. The van der Waals surface area contributed by atoms with E-state index in [4.69, 9.17) is 16.3 Å². The van der Waals surface area contributed by atoms with Gasteiger partial charge in [-0.15, -0.1) is 11.6 Å². The van der Waals surface area contributed by atoms with E-state index in [-0.39, 0.29) is 11.3 Å². The van der Waals surface area contributed by atoms with Crippen molar-refractivity contribution in [2.24, 2.45) is 0 Å². The van der Waals surface area contributed by atoms with E-state index in [0.717, 1.165) is 5.75 Å². The van der Waals surface area contributed by atoms with Gasteiger partial charge in [0.1, 0.15) is 5.75 Å². The van der Waals surface area contributed by atoms with Crippen LogP contribution in [0.5, 0.6) is 5.75 Å². The maximum absolute atomic E-state index is 11.3. The maximum Gasteiger partial charge on any atom is 0.223 e. The first-order chi connectivity index (χ1) is 7.68. The Kier molecular flexibility index (Phi) is 5.72. The fourth-order valence-corrected chi connectivity index (χ4v) is 1.20. The van der Waals surface area contributed by atoms with E-state index in [1.807, 2.05) is 37.3 Å². The fraction of sp³-hybridized carbons (Fsp3) is 0.417. The van der Waals surface area contributed by atoms with Crippen molar-refractivity contribution in [3.05, 3.63) is 30.3 Å². The van der Waals surface area contributed by atoms with Crippen molar-refractivity contribution in [3.8, 4) is 5.75 Å². The lowest BCUT2D eigenvalue weighted by Crippen LogP contribution is -2.29. The number of alkyl halides is 1. The number of ether oxygens (including phenoxy) is 1. The van der Waals surface area contributed by atoms with Crippen LogP contribution in [0.15, 0.2) is 30.3 Å². The van der Waals surface area contributed by atoms with Crippen LogP contribution in [-0.2, 0) is 4.79 Å². The molecule has 0 fully saturated rings. The highest BCUT2D eigenvalue weighted by atomic mass is 35.5. The summed E-state index contributed by atoms with van der Waals surface area (Å²) >= 11 is 5.71. The van der Waals surface area contributed by atoms with Crippen LogP contribution in [0.1, 0.15) is 13.3 Å². The standard InChI is InChI=1S/C12H16ClNO2/c1-10(13)9-14-12(15)7-8-16-11-5-3-2-4-6-11/h2-6,10H,7-9H2,1H3,(H,14,15). The lowest BCUT2D eigenvalue weighted by atomic mass is 10.3. The third kappa shape index (κ3) is 5.61. The van der Waals surface area contributed by atoms with Gasteiger partial charge in [-0.05, 0) is 19.1 Å². The van der Waals surface area contributed by atoms with Crippen molar-refractivity contribution < 1.29 is 9.53 Å². The van der Waals surface area contributed by atoms with Gasteiger partial charge < -0.3 is 10.1 Å². The maximum atomic E-state index is 11.3. The van der Waals surface area contributed by atoms with Gasteiger partial charge in [0.15, 0.2) is 0 Å². The van der Waals surface area contributed by atoms with Crippen molar-refractivity contribution in [2.75, 3.05) is 13.2 Å². The SMILES string of the molecule is CC(Cl)CNC(=O)CCOc1ccccc1. The number of hydrogen-bond donors (Lipinski definition) is 1. The highest BCUT2D eigenvalue weighted by Gasteiger charge is 2.03. The van der Waals surface area contributed by atoms with Crippen LogP contribution in [0.2, 0.25) is 0 Å². The predicted octanol–water partition coefficient (Wildman–Crippen LogP) is 2.20. The zero-order valence-corrected chi connectivity index (χ0v) is 10.0. The summed E-state index contributed by atoms with van der Waals surface area (Å²) in [4.78, 5) is 11.3. The van der Waals surface area contributed by atoms with E-state index in [1.165, 1.54) is 0 Å². The van der Waals surface area contributed by atoms with Gasteiger partial charge in [0.05, 0.1) is 13.0 Å². The molecule has 0 radical (unpaired) electrons. The first-order valence-electron chi connectivity index (χ1n) is 5.27. The Morgan fingerprint density at radius 3 is 2.75 bits per heavy atom. The molecule has 0 bridgehead atoms. The van der Waals surface area contributed by atoms with Gasteiger partial charge in [0.25, 0.3) is 0 Å². The normalized spacial score (nSPS) is 11.9. The number of hydrogen-bond acceptors (Lipinski definition) is 2. The molecule has 0 spiro atoms. The highest BCUT2D eigenvalue weighted by molar-refractivity contribution is 6.20. The highest BCUT2D eigenvalue weighted by Crippen LogP contribution is 2.08.